The zero-order valence-electron chi connectivity index (χ0n) is 9.74. The van der Waals surface area contributed by atoms with Crippen molar-refractivity contribution in [3.05, 3.63) is 23.8 Å². The van der Waals surface area contributed by atoms with Crippen molar-refractivity contribution in [3.8, 4) is 11.8 Å². The smallest absolute Gasteiger partial charge is 0.272 e. The van der Waals surface area contributed by atoms with Gasteiger partial charge in [0.25, 0.3) is 6.43 Å². The Morgan fingerprint density at radius 2 is 2.28 bits per heavy atom. The lowest BCUT2D eigenvalue weighted by Crippen LogP contribution is -2.11. The molecular formula is C12H12F2N2O2. The van der Waals surface area contributed by atoms with Crippen molar-refractivity contribution >= 4 is 11.6 Å². The van der Waals surface area contributed by atoms with Crippen molar-refractivity contribution < 1.29 is 18.3 Å². The molecule has 0 aliphatic heterocycles. The van der Waals surface area contributed by atoms with Crippen LogP contribution in [-0.2, 0) is 4.79 Å². The molecule has 1 rings (SSSR count). The van der Waals surface area contributed by atoms with Crippen LogP contribution in [0.3, 0.4) is 0 Å². The first-order valence-electron chi connectivity index (χ1n) is 5.21. The molecule has 0 saturated heterocycles. The highest BCUT2D eigenvalue weighted by molar-refractivity contribution is 5.92. The molecule has 1 aromatic carbocycles. The Morgan fingerprint density at radius 3 is 2.83 bits per heavy atom. The Morgan fingerprint density at radius 1 is 1.56 bits per heavy atom. The van der Waals surface area contributed by atoms with Crippen LogP contribution in [0.25, 0.3) is 0 Å². The van der Waals surface area contributed by atoms with Crippen LogP contribution in [0.15, 0.2) is 18.2 Å². The molecule has 0 spiro atoms. The van der Waals surface area contributed by atoms with Crippen LogP contribution in [0, 0.1) is 18.3 Å². The second-order valence-corrected chi connectivity index (χ2v) is 3.56. The van der Waals surface area contributed by atoms with Gasteiger partial charge in [0, 0.05) is 5.69 Å². The van der Waals surface area contributed by atoms with E-state index in [1.54, 1.807) is 25.1 Å². The second-order valence-electron chi connectivity index (χ2n) is 3.56. The molecule has 0 fully saturated rings. The van der Waals surface area contributed by atoms with Gasteiger partial charge in [0.05, 0.1) is 6.07 Å². The van der Waals surface area contributed by atoms with Gasteiger partial charge in [-0.05, 0) is 30.7 Å². The van der Waals surface area contributed by atoms with Crippen molar-refractivity contribution in [3.63, 3.8) is 0 Å². The number of amides is 1. The topological polar surface area (TPSA) is 62.1 Å². The van der Waals surface area contributed by atoms with E-state index >= 15 is 0 Å². The summed E-state index contributed by atoms with van der Waals surface area (Å²) >= 11 is 0. The van der Waals surface area contributed by atoms with E-state index in [-0.39, 0.29) is 6.42 Å². The summed E-state index contributed by atoms with van der Waals surface area (Å²) in [6.07, 6.45) is -2.76. The Labute approximate surface area is 103 Å². The maximum Gasteiger partial charge on any atom is 0.272 e. The molecule has 0 saturated carbocycles. The maximum absolute atomic E-state index is 11.9. The summed E-state index contributed by atoms with van der Waals surface area (Å²) in [5.41, 5.74) is 1.20. The molecule has 4 nitrogen and oxygen atoms in total. The lowest BCUT2D eigenvalue weighted by atomic mass is 10.2. The SMILES string of the molecule is Cc1cc(OCC(F)F)ccc1NC(=O)CC#N. The molecule has 0 aliphatic carbocycles. The first-order chi connectivity index (χ1) is 8.52. The molecule has 0 aliphatic rings. The lowest BCUT2D eigenvalue weighted by molar-refractivity contribution is -0.115. The number of rotatable bonds is 5. The van der Waals surface area contributed by atoms with Gasteiger partial charge in [0.2, 0.25) is 5.91 Å². The van der Waals surface area contributed by atoms with Crippen LogP contribution >= 0.6 is 0 Å². The maximum atomic E-state index is 11.9. The van der Waals surface area contributed by atoms with Gasteiger partial charge in [-0.3, -0.25) is 4.79 Å². The van der Waals surface area contributed by atoms with Gasteiger partial charge < -0.3 is 10.1 Å². The van der Waals surface area contributed by atoms with E-state index in [0.29, 0.717) is 17.0 Å². The molecule has 0 aromatic heterocycles. The molecular weight excluding hydrogens is 242 g/mol. The van der Waals surface area contributed by atoms with Gasteiger partial charge >= 0.3 is 0 Å². The predicted molar refractivity (Wildman–Crippen MR) is 61.5 cm³/mol. The van der Waals surface area contributed by atoms with Gasteiger partial charge in [-0.1, -0.05) is 0 Å². The van der Waals surface area contributed by atoms with E-state index in [1.807, 2.05) is 0 Å². The Hall–Kier alpha value is -2.16. The highest BCUT2D eigenvalue weighted by atomic mass is 19.3. The predicted octanol–water partition coefficient (Wildman–Crippen LogP) is 2.49. The molecule has 1 aromatic rings. The van der Waals surface area contributed by atoms with Crippen LogP contribution in [0.5, 0.6) is 5.75 Å². The number of carbonyl (C=O) groups is 1. The van der Waals surface area contributed by atoms with Crippen LogP contribution in [0.2, 0.25) is 0 Å². The summed E-state index contributed by atoms with van der Waals surface area (Å²) in [4.78, 5) is 11.2. The number of carbonyl (C=O) groups excluding carboxylic acids is 1. The van der Waals surface area contributed by atoms with Gasteiger partial charge in [0.1, 0.15) is 18.8 Å². The van der Waals surface area contributed by atoms with E-state index < -0.39 is 18.9 Å². The van der Waals surface area contributed by atoms with Crippen LogP contribution in [0.1, 0.15) is 12.0 Å². The third kappa shape index (κ3) is 4.37. The van der Waals surface area contributed by atoms with Crippen LogP contribution < -0.4 is 10.1 Å². The zero-order chi connectivity index (χ0) is 13.5. The summed E-state index contributed by atoms with van der Waals surface area (Å²) in [5, 5.41) is 10.9. The number of hydrogen-bond acceptors (Lipinski definition) is 3. The van der Waals surface area contributed by atoms with Crippen molar-refractivity contribution in [2.45, 2.75) is 19.8 Å². The van der Waals surface area contributed by atoms with Gasteiger partial charge in [-0.15, -0.1) is 0 Å². The molecule has 0 unspecified atom stereocenters. The Balaban J connectivity index is 2.68. The molecule has 18 heavy (non-hydrogen) atoms. The first-order valence-corrected chi connectivity index (χ1v) is 5.21. The lowest BCUT2D eigenvalue weighted by Gasteiger charge is -2.10. The van der Waals surface area contributed by atoms with Gasteiger partial charge in [0.15, 0.2) is 0 Å². The summed E-state index contributed by atoms with van der Waals surface area (Å²) in [7, 11) is 0. The summed E-state index contributed by atoms with van der Waals surface area (Å²) < 4.78 is 28.7. The normalized spacial score (nSPS) is 9.94. The van der Waals surface area contributed by atoms with E-state index in [4.69, 9.17) is 10.00 Å². The summed E-state index contributed by atoms with van der Waals surface area (Å²) in [6.45, 7) is 1.04. The monoisotopic (exact) mass is 254 g/mol. The Bertz CT molecular complexity index is 470. The Kier molecular flexibility index (Phi) is 5.06. The first kappa shape index (κ1) is 13.9. The zero-order valence-corrected chi connectivity index (χ0v) is 9.74. The number of aryl methyl sites for hydroxylation is 1. The molecule has 6 heteroatoms. The largest absolute Gasteiger partial charge is 0.488 e. The average molecular weight is 254 g/mol. The minimum atomic E-state index is -2.53. The molecule has 1 N–H and O–H groups in total. The summed E-state index contributed by atoms with van der Waals surface area (Å²) in [5.74, 6) is -0.104. The number of benzene rings is 1. The summed E-state index contributed by atoms with van der Waals surface area (Å²) in [6, 6.07) is 6.31. The standard InChI is InChI=1S/C12H12F2N2O2/c1-8-6-9(18-7-11(13)14)2-3-10(8)16-12(17)4-5-15/h2-3,6,11H,4,7H2,1H3,(H,16,17). The number of halogens is 2. The van der Waals surface area contributed by atoms with Crippen molar-refractivity contribution in [1.29, 1.82) is 5.26 Å². The third-order valence-corrected chi connectivity index (χ3v) is 2.09. The molecule has 1 amide bonds. The quantitative estimate of drug-likeness (QED) is 0.878. The minimum absolute atomic E-state index is 0.233. The van der Waals surface area contributed by atoms with E-state index in [9.17, 15) is 13.6 Å². The highest BCUT2D eigenvalue weighted by Gasteiger charge is 2.07. The van der Waals surface area contributed by atoms with E-state index in [2.05, 4.69) is 5.32 Å². The highest BCUT2D eigenvalue weighted by Crippen LogP contribution is 2.21. The molecule has 0 bridgehead atoms. The molecule has 0 heterocycles. The number of alkyl halides is 2. The fraction of sp³-hybridized carbons (Fsp3) is 0.333. The van der Waals surface area contributed by atoms with Crippen LogP contribution in [-0.4, -0.2) is 18.9 Å². The molecule has 0 radical (unpaired) electrons. The second kappa shape index (κ2) is 6.55. The average Bonchev–Trinajstić information content (AvgIpc) is 2.30. The number of hydrogen-bond donors (Lipinski definition) is 1. The molecule has 96 valence electrons. The fourth-order valence-corrected chi connectivity index (χ4v) is 1.29. The van der Waals surface area contributed by atoms with Crippen molar-refractivity contribution in [1.82, 2.24) is 0 Å². The van der Waals surface area contributed by atoms with Gasteiger partial charge in [-0.2, -0.15) is 5.26 Å². The van der Waals surface area contributed by atoms with Crippen molar-refractivity contribution in [2.24, 2.45) is 0 Å². The number of nitrogens with one attached hydrogen (secondary N) is 1. The number of anilines is 1. The van der Waals surface area contributed by atoms with Gasteiger partial charge in [-0.25, -0.2) is 8.78 Å². The van der Waals surface area contributed by atoms with Crippen molar-refractivity contribution in [2.75, 3.05) is 11.9 Å². The van der Waals surface area contributed by atoms with Crippen LogP contribution in [0.4, 0.5) is 14.5 Å². The van der Waals surface area contributed by atoms with E-state index in [1.165, 1.54) is 6.07 Å². The number of nitriles is 1. The third-order valence-electron chi connectivity index (χ3n) is 2.09. The fourth-order valence-electron chi connectivity index (χ4n) is 1.29. The number of ether oxygens (including phenoxy) is 1. The minimum Gasteiger partial charge on any atom is -0.488 e. The number of nitrogens with zero attached hydrogens (tertiary/aromatic N) is 1. The van der Waals surface area contributed by atoms with E-state index in [0.717, 1.165) is 0 Å². The molecule has 0 atom stereocenters.